The minimum Gasteiger partial charge on any atom is -0.383 e. The summed E-state index contributed by atoms with van der Waals surface area (Å²) in [5.41, 5.74) is 1.15. The zero-order chi connectivity index (χ0) is 13.7. The van der Waals surface area contributed by atoms with E-state index in [1.807, 2.05) is 14.1 Å². The molecule has 0 saturated carbocycles. The molecule has 0 bridgehead atoms. The molecule has 0 aliphatic rings. The van der Waals surface area contributed by atoms with Crippen LogP contribution in [0.5, 0.6) is 0 Å². The molecule has 0 aliphatic heterocycles. The van der Waals surface area contributed by atoms with Crippen molar-refractivity contribution >= 4 is 17.4 Å². The summed E-state index contributed by atoms with van der Waals surface area (Å²) in [5, 5.41) is 0. The molecule has 0 heterocycles. The van der Waals surface area contributed by atoms with Crippen molar-refractivity contribution in [1.82, 2.24) is 4.90 Å². The highest BCUT2D eigenvalue weighted by Gasteiger charge is 2.14. The molecule has 0 spiro atoms. The molecular formula is C14H18N2O2. The van der Waals surface area contributed by atoms with Crippen molar-refractivity contribution in [3.63, 3.8) is 0 Å². The second-order valence-electron chi connectivity index (χ2n) is 4.24. The normalized spacial score (nSPS) is 10.4. The first-order valence-corrected chi connectivity index (χ1v) is 5.65. The third kappa shape index (κ3) is 3.45. The zero-order valence-corrected chi connectivity index (χ0v) is 11.2. The molecule has 18 heavy (non-hydrogen) atoms. The van der Waals surface area contributed by atoms with Gasteiger partial charge in [0.25, 0.3) is 0 Å². The van der Waals surface area contributed by atoms with Gasteiger partial charge in [-0.05, 0) is 12.1 Å². The number of carbonyl (C=O) groups excluding carboxylic acids is 2. The fourth-order valence-electron chi connectivity index (χ4n) is 1.45. The van der Waals surface area contributed by atoms with E-state index in [9.17, 15) is 9.59 Å². The summed E-state index contributed by atoms with van der Waals surface area (Å²) in [4.78, 5) is 26.7. The second kappa shape index (κ2) is 6.00. The van der Waals surface area contributed by atoms with E-state index in [-0.39, 0.29) is 11.7 Å². The number of para-hydroxylation sites is 1. The van der Waals surface area contributed by atoms with Gasteiger partial charge in [0.05, 0.1) is 5.69 Å². The van der Waals surface area contributed by atoms with Gasteiger partial charge in [-0.3, -0.25) is 9.59 Å². The fourth-order valence-corrected chi connectivity index (χ4v) is 1.45. The van der Waals surface area contributed by atoms with Crippen molar-refractivity contribution in [1.29, 1.82) is 0 Å². The number of ketones is 1. The molecule has 0 aliphatic carbocycles. The van der Waals surface area contributed by atoms with E-state index >= 15 is 0 Å². The van der Waals surface area contributed by atoms with Gasteiger partial charge in [0.15, 0.2) is 5.78 Å². The molecule has 0 aromatic heterocycles. The van der Waals surface area contributed by atoms with Crippen molar-refractivity contribution in [2.24, 2.45) is 0 Å². The molecule has 1 amide bonds. The molecular weight excluding hydrogens is 228 g/mol. The Labute approximate surface area is 108 Å². The number of rotatable bonds is 4. The average molecular weight is 246 g/mol. The summed E-state index contributed by atoms with van der Waals surface area (Å²) in [6.45, 7) is 1.47. The number of hydrogen-bond acceptors (Lipinski definition) is 3. The first kappa shape index (κ1) is 14.0. The average Bonchev–Trinajstić information content (AvgIpc) is 2.34. The van der Waals surface area contributed by atoms with Crippen LogP contribution in [0.3, 0.4) is 0 Å². The largest absolute Gasteiger partial charge is 0.383 e. The van der Waals surface area contributed by atoms with E-state index in [1.54, 1.807) is 42.4 Å². The van der Waals surface area contributed by atoms with Gasteiger partial charge in [0, 0.05) is 45.9 Å². The summed E-state index contributed by atoms with van der Waals surface area (Å²) in [7, 11) is 5.35. The van der Waals surface area contributed by atoms with E-state index in [0.717, 1.165) is 0 Å². The monoisotopic (exact) mass is 246 g/mol. The van der Waals surface area contributed by atoms with Gasteiger partial charge in [0.2, 0.25) is 5.91 Å². The predicted octanol–water partition coefficient (Wildman–Crippen LogP) is 1.93. The Balaban J connectivity index is 3.09. The molecule has 0 fully saturated rings. The highest BCUT2D eigenvalue weighted by Crippen LogP contribution is 2.20. The molecule has 0 saturated heterocycles. The number of hydrogen-bond donors (Lipinski definition) is 0. The Bertz CT molecular complexity index is 478. The van der Waals surface area contributed by atoms with Crippen LogP contribution in [-0.2, 0) is 4.79 Å². The minimum absolute atomic E-state index is 0.105. The summed E-state index contributed by atoms with van der Waals surface area (Å²) < 4.78 is 0. The molecule has 1 rings (SSSR count). The standard InChI is InChI=1S/C14H18N2O2/c1-11(17)16(4)13-8-6-5-7-12(13)14(18)9-10-15(2)3/h5-10H,1-4H3/b10-9+. The van der Waals surface area contributed by atoms with Gasteiger partial charge in [-0.25, -0.2) is 0 Å². The zero-order valence-electron chi connectivity index (χ0n) is 11.2. The summed E-state index contributed by atoms with van der Waals surface area (Å²) >= 11 is 0. The van der Waals surface area contributed by atoms with E-state index < -0.39 is 0 Å². The van der Waals surface area contributed by atoms with Crippen LogP contribution in [0.4, 0.5) is 5.69 Å². The maximum atomic E-state index is 12.0. The summed E-state index contributed by atoms with van der Waals surface area (Å²) in [6.07, 6.45) is 3.18. The smallest absolute Gasteiger partial charge is 0.223 e. The molecule has 4 heteroatoms. The second-order valence-corrected chi connectivity index (χ2v) is 4.24. The third-order valence-corrected chi connectivity index (χ3v) is 2.53. The molecule has 0 N–H and O–H groups in total. The first-order chi connectivity index (χ1) is 8.43. The third-order valence-electron chi connectivity index (χ3n) is 2.53. The Kier molecular flexibility index (Phi) is 4.66. The van der Waals surface area contributed by atoms with Gasteiger partial charge in [-0.2, -0.15) is 0 Å². The molecule has 96 valence electrons. The summed E-state index contributed by atoms with van der Waals surface area (Å²) in [6, 6.07) is 7.07. The highest BCUT2D eigenvalue weighted by atomic mass is 16.2. The van der Waals surface area contributed by atoms with E-state index in [2.05, 4.69) is 0 Å². The Hall–Kier alpha value is -2.10. The van der Waals surface area contributed by atoms with E-state index in [1.165, 1.54) is 17.9 Å². The van der Waals surface area contributed by atoms with Crippen molar-refractivity contribution in [3.8, 4) is 0 Å². The van der Waals surface area contributed by atoms with Crippen LogP contribution in [0.2, 0.25) is 0 Å². The number of amides is 1. The lowest BCUT2D eigenvalue weighted by atomic mass is 10.1. The topological polar surface area (TPSA) is 40.6 Å². The van der Waals surface area contributed by atoms with Crippen LogP contribution in [0.25, 0.3) is 0 Å². The van der Waals surface area contributed by atoms with E-state index in [0.29, 0.717) is 11.3 Å². The van der Waals surface area contributed by atoms with Crippen LogP contribution >= 0.6 is 0 Å². The molecule has 0 unspecified atom stereocenters. The van der Waals surface area contributed by atoms with Crippen LogP contribution in [-0.4, -0.2) is 37.7 Å². The molecule has 0 radical (unpaired) electrons. The lowest BCUT2D eigenvalue weighted by Crippen LogP contribution is -2.24. The Morgan fingerprint density at radius 1 is 1.11 bits per heavy atom. The lowest BCUT2D eigenvalue weighted by molar-refractivity contribution is -0.116. The Morgan fingerprint density at radius 2 is 1.72 bits per heavy atom. The van der Waals surface area contributed by atoms with Crippen molar-refractivity contribution in [2.45, 2.75) is 6.92 Å². The lowest BCUT2D eigenvalue weighted by Gasteiger charge is -2.17. The molecule has 1 aromatic carbocycles. The SMILES string of the molecule is CC(=O)N(C)c1ccccc1C(=O)/C=C/N(C)C. The van der Waals surface area contributed by atoms with Crippen molar-refractivity contribution in [2.75, 3.05) is 26.0 Å². The minimum atomic E-state index is -0.118. The van der Waals surface area contributed by atoms with Crippen LogP contribution in [0, 0.1) is 0 Å². The van der Waals surface area contributed by atoms with E-state index in [4.69, 9.17) is 0 Å². The molecule has 4 nitrogen and oxygen atoms in total. The number of carbonyl (C=O) groups is 2. The van der Waals surface area contributed by atoms with Crippen LogP contribution in [0.15, 0.2) is 36.5 Å². The Morgan fingerprint density at radius 3 is 2.28 bits per heavy atom. The number of nitrogens with zero attached hydrogens (tertiary/aromatic N) is 2. The van der Waals surface area contributed by atoms with Gasteiger partial charge in [0.1, 0.15) is 0 Å². The molecule has 1 aromatic rings. The van der Waals surface area contributed by atoms with Gasteiger partial charge < -0.3 is 9.80 Å². The van der Waals surface area contributed by atoms with Crippen LogP contribution in [0.1, 0.15) is 17.3 Å². The fraction of sp³-hybridized carbons (Fsp3) is 0.286. The first-order valence-electron chi connectivity index (χ1n) is 5.65. The van der Waals surface area contributed by atoms with Gasteiger partial charge in [-0.1, -0.05) is 12.1 Å². The summed E-state index contributed by atoms with van der Waals surface area (Å²) in [5.74, 6) is -0.223. The highest BCUT2D eigenvalue weighted by molar-refractivity contribution is 6.10. The van der Waals surface area contributed by atoms with Crippen molar-refractivity contribution < 1.29 is 9.59 Å². The van der Waals surface area contributed by atoms with Crippen molar-refractivity contribution in [3.05, 3.63) is 42.1 Å². The predicted molar refractivity (Wildman–Crippen MR) is 72.7 cm³/mol. The van der Waals surface area contributed by atoms with Crippen LogP contribution < -0.4 is 4.90 Å². The number of benzene rings is 1. The number of allylic oxidation sites excluding steroid dienone is 1. The number of anilines is 1. The van der Waals surface area contributed by atoms with Gasteiger partial charge in [-0.15, -0.1) is 0 Å². The maximum Gasteiger partial charge on any atom is 0.223 e. The van der Waals surface area contributed by atoms with Gasteiger partial charge >= 0.3 is 0 Å². The quantitative estimate of drug-likeness (QED) is 0.602. The molecule has 0 atom stereocenters. The maximum absolute atomic E-state index is 12.0.